The van der Waals surface area contributed by atoms with Crippen molar-refractivity contribution in [3.8, 4) is 0 Å². The molecule has 0 atom stereocenters. The molecule has 2 aliphatic carbocycles. The molecular weight excluding hydrogens is 576 g/mol. The van der Waals surface area contributed by atoms with Crippen LogP contribution in [0.3, 0.4) is 0 Å². The molecule has 0 aromatic carbocycles. The molecule has 2 aliphatic rings. The summed E-state index contributed by atoms with van der Waals surface area (Å²) in [5.74, 6) is -0.149. The maximum absolute atomic E-state index is 12.2. The first-order chi connectivity index (χ1) is 15.4. The summed E-state index contributed by atoms with van der Waals surface area (Å²) in [5, 5.41) is 4.12. The molecule has 2 saturated carbocycles. The molecule has 2 aromatic heterocycles. The minimum absolute atomic E-state index is 0.0550. The van der Waals surface area contributed by atoms with E-state index in [9.17, 15) is 9.59 Å². The van der Waals surface area contributed by atoms with Gasteiger partial charge in [-0.1, -0.05) is 38.5 Å². The lowest BCUT2D eigenvalue weighted by atomic mass is 9.70. The van der Waals surface area contributed by atoms with Gasteiger partial charge in [0.2, 0.25) is 0 Å². The molecule has 0 N–H and O–H groups in total. The lowest BCUT2D eigenvalue weighted by molar-refractivity contribution is -0.149. The van der Waals surface area contributed by atoms with Crippen LogP contribution in [0.1, 0.15) is 75.3 Å². The number of rotatable bonds is 4. The van der Waals surface area contributed by atoms with Gasteiger partial charge in [-0.05, 0) is 91.6 Å². The third-order valence-electron chi connectivity index (χ3n) is 6.81. The van der Waals surface area contributed by atoms with Crippen LogP contribution < -0.4 is 0 Å². The Morgan fingerprint density at radius 1 is 0.875 bits per heavy atom. The topological polar surface area (TPSA) is 52.6 Å². The lowest BCUT2D eigenvalue weighted by Crippen LogP contribution is -2.38. The van der Waals surface area contributed by atoms with Crippen LogP contribution in [0, 0.1) is 0 Å². The van der Waals surface area contributed by atoms with Crippen molar-refractivity contribution in [1.29, 1.82) is 0 Å². The second-order valence-corrected chi connectivity index (χ2v) is 13.0. The van der Waals surface area contributed by atoms with Gasteiger partial charge in [-0.25, -0.2) is 0 Å². The van der Waals surface area contributed by atoms with Crippen LogP contribution in [0.25, 0.3) is 0 Å². The van der Waals surface area contributed by atoms with Crippen LogP contribution in [-0.2, 0) is 29.9 Å². The van der Waals surface area contributed by atoms with E-state index in [4.69, 9.17) is 9.47 Å². The molecule has 4 rings (SSSR count). The van der Waals surface area contributed by atoms with E-state index < -0.39 is 5.41 Å². The van der Waals surface area contributed by atoms with Gasteiger partial charge in [0.05, 0.1) is 32.6 Å². The molecule has 0 amide bonds. The van der Waals surface area contributed by atoms with Crippen LogP contribution in [0.5, 0.6) is 0 Å². The summed E-state index contributed by atoms with van der Waals surface area (Å²) in [6, 6.07) is 4.11. The Bertz CT molecular complexity index is 895. The highest BCUT2D eigenvalue weighted by Gasteiger charge is 2.44. The van der Waals surface area contributed by atoms with Crippen LogP contribution in [0.15, 0.2) is 30.5 Å². The second kappa shape index (κ2) is 11.6. The predicted molar refractivity (Wildman–Crippen MR) is 138 cm³/mol. The second-order valence-electron chi connectivity index (χ2n) is 8.52. The van der Waals surface area contributed by atoms with Gasteiger partial charge in [0.25, 0.3) is 0 Å². The number of methoxy groups -OCH3 is 2. The standard InChI is InChI=1S/C12H14Br2O2S.C12H16O2S/c1-16-11(15)12(5-3-2-4-6-12)8-7-9(13)17-10(8)14;1-14-11(13)12(6-3-2-4-7-12)10-5-8-15-9-10/h7H,2-6H2,1H3;5,8-9H,2-4,6-7H2,1H3. The summed E-state index contributed by atoms with van der Waals surface area (Å²) in [7, 11) is 2.97. The monoisotopic (exact) mass is 604 g/mol. The van der Waals surface area contributed by atoms with Crippen molar-refractivity contribution < 1.29 is 19.1 Å². The zero-order chi connectivity index (χ0) is 23.2. The Morgan fingerprint density at radius 2 is 1.41 bits per heavy atom. The fourth-order valence-electron chi connectivity index (χ4n) is 5.10. The van der Waals surface area contributed by atoms with E-state index in [2.05, 4.69) is 49.4 Å². The maximum atomic E-state index is 12.2. The number of hydrogen-bond acceptors (Lipinski definition) is 6. The molecule has 2 fully saturated rings. The van der Waals surface area contributed by atoms with Gasteiger partial charge < -0.3 is 9.47 Å². The van der Waals surface area contributed by atoms with E-state index in [1.165, 1.54) is 27.1 Å². The summed E-state index contributed by atoms with van der Waals surface area (Å²) in [5.41, 5.74) is 1.46. The third-order valence-corrected chi connectivity index (χ3v) is 9.84. The fourth-order valence-corrected chi connectivity index (χ4v) is 8.95. The van der Waals surface area contributed by atoms with Gasteiger partial charge in [0, 0.05) is 0 Å². The van der Waals surface area contributed by atoms with Crippen LogP contribution >= 0.6 is 54.5 Å². The number of hydrogen-bond donors (Lipinski definition) is 0. The van der Waals surface area contributed by atoms with Gasteiger partial charge in [-0.3, -0.25) is 9.59 Å². The molecule has 176 valence electrons. The summed E-state index contributed by atoms with van der Waals surface area (Å²) in [6.07, 6.45) is 10.6. The Morgan fingerprint density at radius 3 is 1.84 bits per heavy atom. The molecule has 0 aliphatic heterocycles. The van der Waals surface area contributed by atoms with E-state index >= 15 is 0 Å². The average Bonchev–Trinajstić information content (AvgIpc) is 3.49. The number of halogens is 2. The predicted octanol–water partition coefficient (Wildman–Crippen LogP) is 7.77. The van der Waals surface area contributed by atoms with Crippen molar-refractivity contribution in [3.63, 3.8) is 0 Å². The maximum Gasteiger partial charge on any atom is 0.316 e. The molecule has 0 radical (unpaired) electrons. The van der Waals surface area contributed by atoms with E-state index in [-0.39, 0.29) is 17.4 Å². The molecule has 0 saturated heterocycles. The molecule has 2 aromatic rings. The van der Waals surface area contributed by atoms with Crippen molar-refractivity contribution in [2.75, 3.05) is 14.2 Å². The van der Waals surface area contributed by atoms with E-state index in [0.717, 1.165) is 70.1 Å². The number of carbonyl (C=O) groups is 2. The van der Waals surface area contributed by atoms with Crippen molar-refractivity contribution in [2.45, 2.75) is 75.0 Å². The summed E-state index contributed by atoms with van der Waals surface area (Å²) in [4.78, 5) is 24.2. The van der Waals surface area contributed by atoms with Crippen LogP contribution in [-0.4, -0.2) is 26.2 Å². The number of carbonyl (C=O) groups excluding carboxylic acids is 2. The smallest absolute Gasteiger partial charge is 0.316 e. The van der Waals surface area contributed by atoms with Gasteiger partial charge in [-0.15, -0.1) is 11.3 Å². The minimum Gasteiger partial charge on any atom is -0.468 e. The van der Waals surface area contributed by atoms with Gasteiger partial charge in [0.1, 0.15) is 0 Å². The van der Waals surface area contributed by atoms with E-state index in [1.54, 1.807) is 22.7 Å². The van der Waals surface area contributed by atoms with Gasteiger partial charge in [-0.2, -0.15) is 11.3 Å². The Kier molecular flexibility index (Phi) is 9.42. The zero-order valence-electron chi connectivity index (χ0n) is 18.6. The number of ether oxygens (including phenoxy) is 2. The highest BCUT2D eigenvalue weighted by molar-refractivity contribution is 9.12. The van der Waals surface area contributed by atoms with E-state index in [1.807, 2.05) is 5.38 Å². The summed E-state index contributed by atoms with van der Waals surface area (Å²) in [6.45, 7) is 0. The first kappa shape index (κ1) is 25.9. The zero-order valence-corrected chi connectivity index (χ0v) is 23.4. The molecule has 0 unspecified atom stereocenters. The summed E-state index contributed by atoms with van der Waals surface area (Å²) < 4.78 is 12.1. The highest BCUT2D eigenvalue weighted by Crippen LogP contribution is 2.47. The van der Waals surface area contributed by atoms with Gasteiger partial charge in [0.15, 0.2) is 0 Å². The normalized spacial score (nSPS) is 19.4. The fraction of sp³-hybridized carbons (Fsp3) is 0.583. The number of thiophene rings is 2. The molecule has 0 bridgehead atoms. The van der Waals surface area contributed by atoms with Crippen molar-refractivity contribution >= 4 is 66.5 Å². The first-order valence-corrected chi connectivity index (χ1v) is 14.4. The Hall–Kier alpha value is -0.700. The summed E-state index contributed by atoms with van der Waals surface area (Å²) >= 11 is 10.3. The molecule has 0 spiro atoms. The van der Waals surface area contributed by atoms with Crippen molar-refractivity contribution in [3.05, 3.63) is 41.6 Å². The molecule has 32 heavy (non-hydrogen) atoms. The lowest BCUT2D eigenvalue weighted by Gasteiger charge is -2.34. The average molecular weight is 606 g/mol. The Labute approximate surface area is 215 Å². The quantitative estimate of drug-likeness (QED) is 0.334. The molecule has 4 nitrogen and oxygen atoms in total. The first-order valence-electron chi connectivity index (χ1n) is 11.0. The highest BCUT2D eigenvalue weighted by atomic mass is 79.9. The third kappa shape index (κ3) is 5.34. The van der Waals surface area contributed by atoms with Crippen LogP contribution in [0.4, 0.5) is 0 Å². The van der Waals surface area contributed by atoms with Gasteiger partial charge >= 0.3 is 11.9 Å². The molecule has 2 heterocycles. The Balaban J connectivity index is 0.000000182. The largest absolute Gasteiger partial charge is 0.468 e. The van der Waals surface area contributed by atoms with Crippen molar-refractivity contribution in [1.82, 2.24) is 0 Å². The SMILES string of the molecule is COC(=O)C1(c2cc(Br)sc2Br)CCCCC1.COC(=O)C1(c2ccsc2)CCCCC1. The number of esters is 2. The molecule has 8 heteroatoms. The van der Waals surface area contributed by atoms with E-state index in [0.29, 0.717) is 0 Å². The minimum atomic E-state index is -0.436. The van der Waals surface area contributed by atoms with Crippen molar-refractivity contribution in [2.24, 2.45) is 0 Å². The van der Waals surface area contributed by atoms with Crippen LogP contribution in [0.2, 0.25) is 0 Å². The molecular formula is C24H30Br2O4S2.